The number of carbonyl (C=O) groups excluding carboxylic acids is 1. The average Bonchev–Trinajstić information content (AvgIpc) is 2.48. The van der Waals surface area contributed by atoms with Crippen LogP contribution >= 0.6 is 0 Å². The highest BCUT2D eigenvalue weighted by atomic mass is 19.2. The number of benzene rings is 1. The number of anilines is 1. The summed E-state index contributed by atoms with van der Waals surface area (Å²) in [7, 11) is 1.14. The van der Waals surface area contributed by atoms with E-state index in [9.17, 15) is 13.6 Å². The first-order chi connectivity index (χ1) is 10.0. The van der Waals surface area contributed by atoms with Gasteiger partial charge in [-0.15, -0.1) is 0 Å². The van der Waals surface area contributed by atoms with Crippen molar-refractivity contribution in [2.75, 3.05) is 19.0 Å². The molecule has 2 unspecified atom stereocenters. The lowest BCUT2D eigenvalue weighted by Crippen LogP contribution is -2.21. The van der Waals surface area contributed by atoms with Gasteiger partial charge in [0.05, 0.1) is 18.4 Å². The first-order valence-electron chi connectivity index (χ1n) is 7.33. The van der Waals surface area contributed by atoms with Crippen molar-refractivity contribution in [2.24, 2.45) is 11.8 Å². The van der Waals surface area contributed by atoms with Gasteiger partial charge in [-0.3, -0.25) is 0 Å². The third-order valence-electron chi connectivity index (χ3n) is 4.11. The van der Waals surface area contributed by atoms with E-state index in [1.165, 1.54) is 25.0 Å². The molecule has 1 saturated carbocycles. The van der Waals surface area contributed by atoms with Crippen molar-refractivity contribution < 1.29 is 18.3 Å². The van der Waals surface area contributed by atoms with E-state index in [-0.39, 0.29) is 11.3 Å². The SMILES string of the molecule is COC(=O)c1ccc(NCC2CCCC(C)C2)c(F)c1F. The van der Waals surface area contributed by atoms with Crippen LogP contribution in [0.5, 0.6) is 0 Å². The second kappa shape index (κ2) is 6.87. The van der Waals surface area contributed by atoms with Crippen molar-refractivity contribution in [3.05, 3.63) is 29.3 Å². The number of nitrogens with one attached hydrogen (secondary N) is 1. The number of esters is 1. The molecule has 0 aromatic heterocycles. The molecule has 2 atom stereocenters. The predicted molar refractivity (Wildman–Crippen MR) is 77.3 cm³/mol. The summed E-state index contributed by atoms with van der Waals surface area (Å²) in [5.74, 6) is -1.89. The van der Waals surface area contributed by atoms with Crippen molar-refractivity contribution >= 4 is 11.7 Å². The van der Waals surface area contributed by atoms with Gasteiger partial charge in [0, 0.05) is 6.54 Å². The Morgan fingerprint density at radius 2 is 2.10 bits per heavy atom. The summed E-state index contributed by atoms with van der Waals surface area (Å²) in [6.45, 7) is 2.84. The third-order valence-corrected chi connectivity index (χ3v) is 4.11. The molecule has 0 aliphatic heterocycles. The van der Waals surface area contributed by atoms with Crippen LogP contribution < -0.4 is 5.32 Å². The fourth-order valence-electron chi connectivity index (χ4n) is 2.95. The molecule has 0 spiro atoms. The van der Waals surface area contributed by atoms with Gasteiger partial charge in [0.2, 0.25) is 0 Å². The monoisotopic (exact) mass is 297 g/mol. The van der Waals surface area contributed by atoms with Crippen molar-refractivity contribution in [3.63, 3.8) is 0 Å². The molecule has 0 radical (unpaired) electrons. The van der Waals surface area contributed by atoms with Crippen molar-refractivity contribution in [3.8, 4) is 0 Å². The van der Waals surface area contributed by atoms with Gasteiger partial charge < -0.3 is 10.1 Å². The van der Waals surface area contributed by atoms with Crippen LogP contribution in [-0.2, 0) is 4.74 Å². The fourth-order valence-corrected chi connectivity index (χ4v) is 2.95. The first-order valence-corrected chi connectivity index (χ1v) is 7.33. The molecule has 5 heteroatoms. The Morgan fingerprint density at radius 3 is 2.76 bits per heavy atom. The molecule has 1 fully saturated rings. The zero-order valence-electron chi connectivity index (χ0n) is 12.4. The normalized spacial score (nSPS) is 21.9. The molecule has 1 aliphatic carbocycles. The van der Waals surface area contributed by atoms with Crippen LogP contribution in [0.2, 0.25) is 0 Å². The Labute approximate surface area is 123 Å². The molecular weight excluding hydrogens is 276 g/mol. The maximum atomic E-state index is 13.9. The highest BCUT2D eigenvalue weighted by molar-refractivity contribution is 5.90. The van der Waals surface area contributed by atoms with Crippen LogP contribution in [0.25, 0.3) is 0 Å². The molecule has 0 heterocycles. The largest absolute Gasteiger partial charge is 0.465 e. The summed E-state index contributed by atoms with van der Waals surface area (Å²) in [6.07, 6.45) is 4.65. The molecule has 0 amide bonds. The second-order valence-electron chi connectivity index (χ2n) is 5.80. The number of methoxy groups -OCH3 is 1. The minimum Gasteiger partial charge on any atom is -0.465 e. The molecular formula is C16H21F2NO2. The summed E-state index contributed by atoms with van der Waals surface area (Å²) < 4.78 is 32.2. The molecule has 116 valence electrons. The van der Waals surface area contributed by atoms with Gasteiger partial charge in [0.1, 0.15) is 0 Å². The lowest BCUT2D eigenvalue weighted by atomic mass is 9.82. The number of ether oxygens (including phenoxy) is 1. The van der Waals surface area contributed by atoms with E-state index in [1.54, 1.807) is 0 Å². The number of rotatable bonds is 4. The summed E-state index contributed by atoms with van der Waals surface area (Å²) in [6, 6.07) is 2.63. The van der Waals surface area contributed by atoms with E-state index in [1.807, 2.05) is 0 Å². The molecule has 2 rings (SSSR count). The van der Waals surface area contributed by atoms with Crippen LogP contribution in [0.15, 0.2) is 12.1 Å². The van der Waals surface area contributed by atoms with Crippen LogP contribution in [0.4, 0.5) is 14.5 Å². The number of carbonyl (C=O) groups is 1. The zero-order chi connectivity index (χ0) is 15.4. The summed E-state index contributed by atoms with van der Waals surface area (Å²) in [5, 5.41) is 2.96. The zero-order valence-corrected chi connectivity index (χ0v) is 12.4. The first kappa shape index (κ1) is 15.7. The van der Waals surface area contributed by atoms with Gasteiger partial charge in [-0.1, -0.05) is 19.8 Å². The molecule has 21 heavy (non-hydrogen) atoms. The molecule has 0 bridgehead atoms. The van der Waals surface area contributed by atoms with Gasteiger partial charge in [0.15, 0.2) is 11.6 Å². The second-order valence-corrected chi connectivity index (χ2v) is 5.80. The molecule has 0 saturated heterocycles. The van der Waals surface area contributed by atoms with Crippen molar-refractivity contribution in [2.45, 2.75) is 32.6 Å². The minimum absolute atomic E-state index is 0.0957. The lowest BCUT2D eigenvalue weighted by Gasteiger charge is -2.27. The molecule has 3 nitrogen and oxygen atoms in total. The fraction of sp³-hybridized carbons (Fsp3) is 0.562. The Kier molecular flexibility index (Phi) is 5.15. The minimum atomic E-state index is -1.16. The highest BCUT2D eigenvalue weighted by Gasteiger charge is 2.21. The maximum Gasteiger partial charge on any atom is 0.340 e. The Hall–Kier alpha value is -1.65. The standard InChI is InChI=1S/C16H21F2NO2/c1-10-4-3-5-11(8-10)9-19-13-7-6-12(16(20)21-2)14(17)15(13)18/h6-7,10-11,19H,3-5,8-9H2,1-2H3. The van der Waals surface area contributed by atoms with E-state index in [4.69, 9.17) is 0 Å². The number of halogens is 2. The average molecular weight is 297 g/mol. The van der Waals surface area contributed by atoms with E-state index in [0.29, 0.717) is 18.4 Å². The number of hydrogen-bond acceptors (Lipinski definition) is 3. The quantitative estimate of drug-likeness (QED) is 0.854. The van der Waals surface area contributed by atoms with E-state index in [2.05, 4.69) is 17.0 Å². The van der Waals surface area contributed by atoms with Crippen LogP contribution in [-0.4, -0.2) is 19.6 Å². The van der Waals surface area contributed by atoms with Gasteiger partial charge in [0.25, 0.3) is 0 Å². The third kappa shape index (κ3) is 3.71. The van der Waals surface area contributed by atoms with Crippen molar-refractivity contribution in [1.82, 2.24) is 0 Å². The Balaban J connectivity index is 2.04. The van der Waals surface area contributed by atoms with Gasteiger partial charge in [-0.2, -0.15) is 0 Å². The highest BCUT2D eigenvalue weighted by Crippen LogP contribution is 2.29. The summed E-state index contributed by atoms with van der Waals surface area (Å²) in [4.78, 5) is 11.3. The molecule has 1 N–H and O–H groups in total. The smallest absolute Gasteiger partial charge is 0.340 e. The topological polar surface area (TPSA) is 38.3 Å². The van der Waals surface area contributed by atoms with E-state index >= 15 is 0 Å². The van der Waals surface area contributed by atoms with Gasteiger partial charge >= 0.3 is 5.97 Å². The van der Waals surface area contributed by atoms with Gasteiger partial charge in [-0.25, -0.2) is 13.6 Å². The predicted octanol–water partition coefficient (Wildman–Crippen LogP) is 3.99. The van der Waals surface area contributed by atoms with E-state index in [0.717, 1.165) is 20.0 Å². The lowest BCUT2D eigenvalue weighted by molar-refractivity contribution is 0.0594. The summed E-state index contributed by atoms with van der Waals surface area (Å²) >= 11 is 0. The van der Waals surface area contributed by atoms with Crippen LogP contribution in [0.3, 0.4) is 0 Å². The molecule has 1 aromatic carbocycles. The Morgan fingerprint density at radius 1 is 1.33 bits per heavy atom. The summed E-state index contributed by atoms with van der Waals surface area (Å²) in [5.41, 5.74) is -0.287. The molecule has 1 aliphatic rings. The van der Waals surface area contributed by atoms with Crippen LogP contribution in [0.1, 0.15) is 43.0 Å². The molecule has 1 aromatic rings. The Bertz CT molecular complexity index is 519. The van der Waals surface area contributed by atoms with Crippen LogP contribution in [0, 0.1) is 23.5 Å². The van der Waals surface area contributed by atoms with E-state index < -0.39 is 17.6 Å². The maximum absolute atomic E-state index is 13.9. The van der Waals surface area contributed by atoms with Crippen molar-refractivity contribution in [1.29, 1.82) is 0 Å². The van der Waals surface area contributed by atoms with Gasteiger partial charge in [-0.05, 0) is 36.8 Å². The number of hydrogen-bond donors (Lipinski definition) is 1.